The number of carbonyl (C=O) groups excluding carboxylic acids is 1. The highest BCUT2D eigenvalue weighted by atomic mass is 16.3. The zero-order valence-corrected chi connectivity index (χ0v) is 17.4. The van der Waals surface area contributed by atoms with E-state index in [0.717, 1.165) is 32.1 Å². The number of aliphatic hydroxyl groups excluding tert-OH is 2. The van der Waals surface area contributed by atoms with Gasteiger partial charge in [-0.05, 0) is 97.7 Å². The average Bonchev–Trinajstić information content (AvgIpc) is 2.95. The van der Waals surface area contributed by atoms with Crippen LogP contribution < -0.4 is 5.73 Å². The van der Waals surface area contributed by atoms with Crippen molar-refractivity contribution < 1.29 is 15.0 Å². The molecule has 0 aromatic carbocycles. The zero-order chi connectivity index (χ0) is 19.6. The quantitative estimate of drug-likeness (QED) is 0.704. The first kappa shape index (κ1) is 19.7. The summed E-state index contributed by atoms with van der Waals surface area (Å²) in [5.41, 5.74) is 5.70. The minimum atomic E-state index is -0.283. The van der Waals surface area contributed by atoms with Crippen molar-refractivity contribution in [1.82, 2.24) is 0 Å². The van der Waals surface area contributed by atoms with Gasteiger partial charge in [0, 0.05) is 6.42 Å². The number of aliphatic hydroxyl groups is 2. The van der Waals surface area contributed by atoms with Crippen molar-refractivity contribution in [3.63, 3.8) is 0 Å². The van der Waals surface area contributed by atoms with Crippen molar-refractivity contribution in [3.8, 4) is 0 Å². The standard InChI is InChI=1S/C23H39NO3/c1-13(10-21(24)27)17-6-7-18-16-5-4-14-11-15(25)8-9-22(14,2)19(16)12-20(26)23(17,18)3/h13-20,25-26H,4-12H2,1-3H3,(H2,24,27)/t13-,14?,15-,16+,17-,18+,19+,20+,22+,23-/m1/s1. The van der Waals surface area contributed by atoms with E-state index in [1.54, 1.807) is 0 Å². The van der Waals surface area contributed by atoms with Crippen LogP contribution in [0.15, 0.2) is 0 Å². The summed E-state index contributed by atoms with van der Waals surface area (Å²) in [4.78, 5) is 11.5. The summed E-state index contributed by atoms with van der Waals surface area (Å²) >= 11 is 0. The van der Waals surface area contributed by atoms with Gasteiger partial charge in [-0.3, -0.25) is 4.79 Å². The predicted octanol–water partition coefficient (Wildman–Crippen LogP) is 3.49. The lowest BCUT2D eigenvalue weighted by molar-refractivity contribution is -0.175. The van der Waals surface area contributed by atoms with Gasteiger partial charge < -0.3 is 15.9 Å². The molecule has 4 fully saturated rings. The highest BCUT2D eigenvalue weighted by Crippen LogP contribution is 2.68. The van der Waals surface area contributed by atoms with E-state index in [0.29, 0.717) is 36.0 Å². The Morgan fingerprint density at radius 3 is 2.52 bits per heavy atom. The fourth-order valence-electron chi connectivity index (χ4n) is 8.62. The fourth-order valence-corrected chi connectivity index (χ4v) is 8.62. The van der Waals surface area contributed by atoms with Gasteiger partial charge in [-0.2, -0.15) is 0 Å². The minimum absolute atomic E-state index is 0.0760. The lowest BCUT2D eigenvalue weighted by atomic mass is 9.43. The second-order valence-corrected chi connectivity index (χ2v) is 11.0. The highest BCUT2D eigenvalue weighted by molar-refractivity contribution is 5.74. The molecule has 0 radical (unpaired) electrons. The van der Waals surface area contributed by atoms with E-state index in [-0.39, 0.29) is 34.9 Å². The van der Waals surface area contributed by atoms with Gasteiger partial charge in [0.2, 0.25) is 5.91 Å². The van der Waals surface area contributed by atoms with Gasteiger partial charge in [0.05, 0.1) is 12.2 Å². The number of hydrogen-bond acceptors (Lipinski definition) is 3. The number of hydrogen-bond donors (Lipinski definition) is 3. The molecule has 4 aliphatic rings. The molecule has 1 amide bonds. The average molecular weight is 378 g/mol. The molecule has 10 atom stereocenters. The number of primary amides is 1. The topological polar surface area (TPSA) is 83.6 Å². The van der Waals surface area contributed by atoms with E-state index in [1.807, 2.05) is 0 Å². The van der Waals surface area contributed by atoms with Crippen LogP contribution >= 0.6 is 0 Å². The summed E-state index contributed by atoms with van der Waals surface area (Å²) in [5.74, 6) is 2.89. The Labute approximate surface area is 164 Å². The van der Waals surface area contributed by atoms with Gasteiger partial charge in [0.15, 0.2) is 0 Å². The van der Waals surface area contributed by atoms with Crippen LogP contribution in [0, 0.1) is 46.3 Å². The number of carbonyl (C=O) groups is 1. The largest absolute Gasteiger partial charge is 0.393 e. The van der Waals surface area contributed by atoms with E-state index >= 15 is 0 Å². The molecule has 4 saturated carbocycles. The lowest BCUT2D eigenvalue weighted by Gasteiger charge is -2.62. The molecule has 4 N–H and O–H groups in total. The number of nitrogens with two attached hydrogens (primary N) is 1. The van der Waals surface area contributed by atoms with Gasteiger partial charge in [-0.25, -0.2) is 0 Å². The van der Waals surface area contributed by atoms with E-state index < -0.39 is 0 Å². The van der Waals surface area contributed by atoms with Gasteiger partial charge >= 0.3 is 0 Å². The van der Waals surface area contributed by atoms with Crippen molar-refractivity contribution >= 4 is 5.91 Å². The van der Waals surface area contributed by atoms with Gasteiger partial charge in [0.25, 0.3) is 0 Å². The number of rotatable bonds is 3. The molecule has 4 aliphatic carbocycles. The maximum absolute atomic E-state index is 11.5. The molecular formula is C23H39NO3. The summed E-state index contributed by atoms with van der Waals surface area (Å²) in [6.45, 7) is 6.92. The van der Waals surface area contributed by atoms with Crippen LogP contribution in [0.25, 0.3) is 0 Å². The third-order valence-corrected chi connectivity index (χ3v) is 10.0. The van der Waals surface area contributed by atoms with E-state index in [4.69, 9.17) is 5.73 Å². The fraction of sp³-hybridized carbons (Fsp3) is 0.957. The Kier molecular flexibility index (Phi) is 4.91. The summed E-state index contributed by atoms with van der Waals surface area (Å²) in [7, 11) is 0. The van der Waals surface area contributed by atoms with Gasteiger partial charge in [-0.1, -0.05) is 20.8 Å². The lowest BCUT2D eigenvalue weighted by Crippen LogP contribution is -2.58. The van der Waals surface area contributed by atoms with Gasteiger partial charge in [0.1, 0.15) is 0 Å². The molecule has 0 aliphatic heterocycles. The first-order chi connectivity index (χ1) is 12.7. The Balaban J connectivity index is 1.60. The van der Waals surface area contributed by atoms with Gasteiger partial charge in [-0.15, -0.1) is 0 Å². The van der Waals surface area contributed by atoms with Crippen LogP contribution in [0.3, 0.4) is 0 Å². The van der Waals surface area contributed by atoms with Crippen molar-refractivity contribution in [1.29, 1.82) is 0 Å². The molecule has 0 bridgehead atoms. The molecule has 4 rings (SSSR count). The first-order valence-corrected chi connectivity index (χ1v) is 11.3. The van der Waals surface area contributed by atoms with Crippen molar-refractivity contribution in [3.05, 3.63) is 0 Å². The molecule has 27 heavy (non-hydrogen) atoms. The number of amides is 1. The van der Waals surface area contributed by atoms with Crippen LogP contribution in [0.2, 0.25) is 0 Å². The second kappa shape index (κ2) is 6.73. The monoisotopic (exact) mass is 377 g/mol. The highest BCUT2D eigenvalue weighted by Gasteiger charge is 2.63. The van der Waals surface area contributed by atoms with Crippen molar-refractivity contribution in [2.75, 3.05) is 0 Å². The maximum atomic E-state index is 11.5. The third kappa shape index (κ3) is 2.88. The van der Waals surface area contributed by atoms with E-state index in [2.05, 4.69) is 20.8 Å². The summed E-state index contributed by atoms with van der Waals surface area (Å²) in [6.07, 6.45) is 8.71. The molecule has 1 unspecified atom stereocenters. The first-order valence-electron chi connectivity index (χ1n) is 11.3. The molecule has 154 valence electrons. The molecule has 0 aromatic heterocycles. The Morgan fingerprint density at radius 1 is 1.07 bits per heavy atom. The molecule has 0 spiro atoms. The molecule has 4 nitrogen and oxygen atoms in total. The Bertz CT molecular complexity index is 594. The van der Waals surface area contributed by atoms with Crippen LogP contribution in [0.5, 0.6) is 0 Å². The van der Waals surface area contributed by atoms with Crippen LogP contribution in [0.1, 0.15) is 78.6 Å². The maximum Gasteiger partial charge on any atom is 0.217 e. The van der Waals surface area contributed by atoms with E-state index in [9.17, 15) is 15.0 Å². The van der Waals surface area contributed by atoms with Crippen LogP contribution in [-0.2, 0) is 4.79 Å². The molecule has 0 aromatic rings. The molecule has 4 heteroatoms. The summed E-state index contributed by atoms with van der Waals surface area (Å²) < 4.78 is 0. The molecule has 0 heterocycles. The van der Waals surface area contributed by atoms with Crippen molar-refractivity contribution in [2.24, 2.45) is 52.1 Å². The normalized spacial score (nSPS) is 53.1. The van der Waals surface area contributed by atoms with Crippen molar-refractivity contribution in [2.45, 2.75) is 90.8 Å². The molecule has 0 saturated heterocycles. The second-order valence-electron chi connectivity index (χ2n) is 11.0. The summed E-state index contributed by atoms with van der Waals surface area (Å²) in [5, 5.41) is 21.6. The predicted molar refractivity (Wildman–Crippen MR) is 106 cm³/mol. The van der Waals surface area contributed by atoms with Crippen LogP contribution in [0.4, 0.5) is 0 Å². The Hall–Kier alpha value is -0.610. The summed E-state index contributed by atoms with van der Waals surface area (Å²) in [6, 6.07) is 0. The smallest absolute Gasteiger partial charge is 0.217 e. The number of fused-ring (bicyclic) bond motifs is 5. The van der Waals surface area contributed by atoms with E-state index in [1.165, 1.54) is 19.3 Å². The Morgan fingerprint density at radius 2 is 1.81 bits per heavy atom. The minimum Gasteiger partial charge on any atom is -0.393 e. The third-order valence-electron chi connectivity index (χ3n) is 10.0. The molecular weight excluding hydrogens is 338 g/mol. The SMILES string of the molecule is C[C@H](CC(N)=O)[C@H]1CC[C@H]2[C@@H]3CCC4C[C@H](O)CC[C@]4(C)[C@H]3C[C@H](O)[C@]12C. The zero-order valence-electron chi connectivity index (χ0n) is 17.4. The van der Waals surface area contributed by atoms with Crippen LogP contribution in [-0.4, -0.2) is 28.3 Å².